The lowest BCUT2D eigenvalue weighted by Gasteiger charge is -2.28. The minimum Gasteiger partial charge on any atom is -0.351 e. The van der Waals surface area contributed by atoms with Gasteiger partial charge in [-0.1, -0.05) is 73.5 Å². The fraction of sp³-hybridized carbons (Fsp3) is 0.188. The highest BCUT2D eigenvalue weighted by atomic mass is 32.1. The zero-order valence-corrected chi connectivity index (χ0v) is 27.3. The van der Waals surface area contributed by atoms with Crippen molar-refractivity contribution in [2.24, 2.45) is 9.98 Å². The highest BCUT2D eigenvalue weighted by Gasteiger charge is 2.50. The van der Waals surface area contributed by atoms with Gasteiger partial charge in [0.15, 0.2) is 0 Å². The van der Waals surface area contributed by atoms with E-state index >= 15 is 0 Å². The Bertz CT molecular complexity index is 2060. The first-order chi connectivity index (χ1) is 20.6. The Balaban J connectivity index is 1.29. The number of nitrogens with zero attached hydrogens (tertiary/aromatic N) is 6. The first-order valence-electron chi connectivity index (χ1n) is 13.0. The van der Waals surface area contributed by atoms with Crippen molar-refractivity contribution in [3.8, 4) is 51.2 Å². The summed E-state index contributed by atoms with van der Waals surface area (Å²) in [5.41, 5.74) is 5.30. The lowest BCUT2D eigenvalue weighted by molar-refractivity contribution is 0.604. The second-order valence-corrected chi connectivity index (χ2v) is 16.3. The van der Waals surface area contributed by atoms with Gasteiger partial charge < -0.3 is 9.69 Å². The van der Waals surface area contributed by atoms with E-state index in [1.54, 1.807) is 0 Å². The quantitative estimate of drug-likeness (QED) is 0.111. The number of amidine groups is 2. The molecule has 0 bridgehead atoms. The van der Waals surface area contributed by atoms with E-state index in [1.165, 1.54) is 74.2 Å². The first-order valence-corrected chi connectivity index (χ1v) is 17.1. The Morgan fingerprint density at radius 1 is 0.628 bits per heavy atom. The Labute approximate surface area is 268 Å². The molecule has 6 nitrogen and oxygen atoms in total. The summed E-state index contributed by atoms with van der Waals surface area (Å²) in [4.78, 5) is 24.6. The highest BCUT2D eigenvalue weighted by Crippen LogP contribution is 2.67. The molecule has 2 aliphatic rings. The summed E-state index contributed by atoms with van der Waals surface area (Å²) in [6, 6.07) is 16.1. The molecule has 0 saturated carbocycles. The summed E-state index contributed by atoms with van der Waals surface area (Å²) >= 11 is 8.53. The zero-order chi connectivity index (χ0) is 30.3. The van der Waals surface area contributed by atoms with E-state index in [9.17, 15) is 0 Å². The third-order valence-corrected chi connectivity index (χ3v) is 14.0. The molecule has 11 heteroatoms. The van der Waals surface area contributed by atoms with Crippen LogP contribution in [0.1, 0.15) is 49.9 Å². The molecule has 0 unspecified atom stereocenters. The molecular weight excluding hydrogens is 629 g/mol. The number of rotatable bonds is 4. The molecule has 206 valence electrons. The predicted molar refractivity (Wildman–Crippen MR) is 180 cm³/mol. The van der Waals surface area contributed by atoms with Crippen LogP contribution in [-0.4, -0.2) is 11.7 Å². The number of hydrogen-bond donors (Lipinski definition) is 0. The van der Waals surface area contributed by atoms with E-state index in [0.29, 0.717) is 10.0 Å². The van der Waals surface area contributed by atoms with Crippen LogP contribution in [-0.2, 0) is 10.8 Å². The lowest BCUT2D eigenvalue weighted by atomic mass is 9.74. The van der Waals surface area contributed by atoms with Crippen LogP contribution in [0.2, 0.25) is 0 Å². The molecule has 2 aliphatic carbocycles. The van der Waals surface area contributed by atoms with Crippen molar-refractivity contribution in [1.29, 1.82) is 10.5 Å². The molecule has 5 aromatic rings. The molecule has 0 amide bonds. The van der Waals surface area contributed by atoms with Gasteiger partial charge in [-0.25, -0.2) is 10.5 Å². The van der Waals surface area contributed by atoms with Crippen molar-refractivity contribution < 1.29 is 0 Å². The van der Waals surface area contributed by atoms with E-state index in [-0.39, 0.29) is 22.5 Å². The van der Waals surface area contributed by atoms with Crippen molar-refractivity contribution in [1.82, 2.24) is 0 Å². The van der Waals surface area contributed by atoms with Crippen LogP contribution in [0.3, 0.4) is 0 Å². The van der Waals surface area contributed by atoms with Gasteiger partial charge in [0.2, 0.25) is 10.0 Å². The molecule has 0 atom stereocenters. The minimum atomic E-state index is -0.152. The molecule has 0 spiro atoms. The molecule has 0 radical (unpaired) electrons. The molecule has 0 aliphatic heterocycles. The van der Waals surface area contributed by atoms with Gasteiger partial charge in [0.05, 0.1) is 0 Å². The number of fused-ring (bicyclic) bond motifs is 7. The fourth-order valence-electron chi connectivity index (χ4n) is 5.90. The van der Waals surface area contributed by atoms with Gasteiger partial charge in [-0.3, -0.25) is 0 Å². The van der Waals surface area contributed by atoms with Crippen LogP contribution in [0.15, 0.2) is 46.4 Å². The molecular formula is C32H18N6S5. The SMILES string of the molecule is [C-]#[N+]C(C#N)=Nc1ccc(-c2cc3c(s2)-c2sc4c(c2C3(C)C)C(C)(C)c2cc(-c3ccc(N=C(C#N)[N+]#[C-])s3)sc2-4)s1. The van der Waals surface area contributed by atoms with Crippen LogP contribution in [0.4, 0.5) is 10.0 Å². The van der Waals surface area contributed by atoms with Crippen molar-refractivity contribution in [2.45, 2.75) is 38.5 Å². The Morgan fingerprint density at radius 3 is 1.42 bits per heavy atom. The van der Waals surface area contributed by atoms with E-state index in [0.717, 1.165) is 9.75 Å². The molecule has 5 heterocycles. The summed E-state index contributed by atoms with van der Waals surface area (Å²) in [5.74, 6) is -0.304. The topological polar surface area (TPSA) is 81.0 Å². The third-order valence-electron chi connectivity index (χ3n) is 7.89. The van der Waals surface area contributed by atoms with Crippen LogP contribution < -0.4 is 0 Å². The predicted octanol–water partition coefficient (Wildman–Crippen LogP) is 10.9. The Hall–Kier alpha value is -4.20. The Morgan fingerprint density at radius 2 is 1.05 bits per heavy atom. The molecule has 0 N–H and O–H groups in total. The van der Waals surface area contributed by atoms with E-state index in [1.807, 2.05) is 70.4 Å². The fourth-order valence-corrected chi connectivity index (χ4v) is 12.4. The molecule has 43 heavy (non-hydrogen) atoms. The van der Waals surface area contributed by atoms with Crippen LogP contribution in [0.25, 0.3) is 48.7 Å². The first kappa shape index (κ1) is 27.6. The van der Waals surface area contributed by atoms with Crippen LogP contribution in [0.5, 0.6) is 0 Å². The van der Waals surface area contributed by atoms with Gasteiger partial charge in [0, 0.05) is 49.8 Å². The monoisotopic (exact) mass is 646 g/mol. The number of thiophene rings is 5. The molecule has 0 aromatic carbocycles. The maximum atomic E-state index is 9.09. The average Bonchev–Trinajstić information content (AvgIpc) is 3.82. The third kappa shape index (κ3) is 4.02. The average molecular weight is 647 g/mol. The van der Waals surface area contributed by atoms with Crippen molar-refractivity contribution in [3.63, 3.8) is 0 Å². The van der Waals surface area contributed by atoms with Gasteiger partial charge >= 0.3 is 11.7 Å². The largest absolute Gasteiger partial charge is 0.351 e. The van der Waals surface area contributed by atoms with E-state index < -0.39 is 0 Å². The summed E-state index contributed by atoms with van der Waals surface area (Å²) in [6.45, 7) is 23.6. The van der Waals surface area contributed by atoms with Crippen molar-refractivity contribution >= 4 is 78.4 Å². The molecule has 0 fully saturated rings. The van der Waals surface area contributed by atoms with Gasteiger partial charge in [-0.15, -0.1) is 34.0 Å². The van der Waals surface area contributed by atoms with E-state index in [2.05, 4.69) is 59.5 Å². The van der Waals surface area contributed by atoms with Crippen LogP contribution >= 0.6 is 56.7 Å². The lowest BCUT2D eigenvalue weighted by Crippen LogP contribution is -2.22. The number of aliphatic imine (C=N–C) groups is 2. The maximum Gasteiger partial charge on any atom is 0.350 e. The smallest absolute Gasteiger partial charge is 0.350 e. The standard InChI is InChI=1S/C32H18N6S5/c1-31(2)15-11-19(17-7-9-23(39-17)37-21(13-33)35-5)41-27(15)29-25(31)26-30(43-29)28-16(32(26,3)4)12-20(42-28)18-8-10-24(40-18)38-22(14-34)36-6/h7-12H,1-4H3. The van der Waals surface area contributed by atoms with Gasteiger partial charge in [0.25, 0.3) is 0 Å². The molecule has 7 rings (SSSR count). The molecule has 0 saturated heterocycles. The second-order valence-electron chi connectivity index (χ2n) is 11.1. The van der Waals surface area contributed by atoms with Gasteiger partial charge in [0.1, 0.15) is 12.1 Å². The summed E-state index contributed by atoms with van der Waals surface area (Å²) in [7, 11) is 0. The second kappa shape index (κ2) is 9.66. The van der Waals surface area contributed by atoms with Crippen LogP contribution in [0, 0.1) is 35.8 Å². The minimum absolute atomic E-state index is 0.143. The zero-order valence-electron chi connectivity index (χ0n) is 23.2. The van der Waals surface area contributed by atoms with Crippen molar-refractivity contribution in [3.05, 3.63) is 81.5 Å². The van der Waals surface area contributed by atoms with E-state index in [4.69, 9.17) is 23.7 Å². The van der Waals surface area contributed by atoms with Crippen molar-refractivity contribution in [2.75, 3.05) is 0 Å². The van der Waals surface area contributed by atoms with Gasteiger partial charge in [-0.2, -0.15) is 0 Å². The number of hydrogen-bond acceptors (Lipinski definition) is 9. The molecule has 5 aromatic heterocycles. The van der Waals surface area contributed by atoms with Gasteiger partial charge in [-0.05, 0) is 58.7 Å². The highest BCUT2D eigenvalue weighted by molar-refractivity contribution is 7.31. The normalized spacial score (nSPS) is 15.5. The Kier molecular flexibility index (Phi) is 6.20. The summed E-state index contributed by atoms with van der Waals surface area (Å²) in [6.07, 6.45) is 0. The maximum absolute atomic E-state index is 9.09. The summed E-state index contributed by atoms with van der Waals surface area (Å²) in [5, 5.41) is 19.5. The number of nitriles is 2. The summed E-state index contributed by atoms with van der Waals surface area (Å²) < 4.78 is 0.